The molecule has 0 aliphatic heterocycles. The van der Waals surface area contributed by atoms with E-state index in [1.165, 1.54) is 25.4 Å². The minimum Gasteiger partial charge on any atom is -0.496 e. The summed E-state index contributed by atoms with van der Waals surface area (Å²) in [4.78, 5) is 36.2. The van der Waals surface area contributed by atoms with Crippen LogP contribution < -0.4 is 15.6 Å². The number of anilines is 1. The fourth-order valence-corrected chi connectivity index (χ4v) is 3.27. The third kappa shape index (κ3) is 4.24. The summed E-state index contributed by atoms with van der Waals surface area (Å²) in [6.07, 6.45) is 1.29. The minimum atomic E-state index is -1.15. The van der Waals surface area contributed by atoms with Crippen LogP contribution in [0, 0.1) is 0 Å². The number of pyridine rings is 1. The fourth-order valence-electron chi connectivity index (χ4n) is 2.55. The Morgan fingerprint density at radius 3 is 2.70 bits per heavy atom. The minimum absolute atomic E-state index is 0.310. The number of hydrogen-bond donors (Lipinski definition) is 2. The van der Waals surface area contributed by atoms with Crippen LogP contribution >= 0.6 is 11.3 Å². The molecular weight excluding hydrogens is 368 g/mol. The van der Waals surface area contributed by atoms with Crippen LogP contribution in [-0.4, -0.2) is 28.7 Å². The maximum absolute atomic E-state index is 12.6. The van der Waals surface area contributed by atoms with Gasteiger partial charge in [-0.1, -0.05) is 12.1 Å². The van der Waals surface area contributed by atoms with Crippen LogP contribution in [-0.2, 0) is 11.3 Å². The standard InChI is InChI=1S/C19H16N2O5S/c1-26-15-9-12(16-3-2-8-27-16)4-6-14(15)19(25)20-13-5-7-17(22)21(10-13)11-18(23)24/h2-10H,11H2,1H3,(H,20,25)(H,23,24). The summed E-state index contributed by atoms with van der Waals surface area (Å²) in [5, 5.41) is 13.5. The van der Waals surface area contributed by atoms with Gasteiger partial charge in [-0.2, -0.15) is 0 Å². The first-order valence-electron chi connectivity index (χ1n) is 7.93. The highest BCUT2D eigenvalue weighted by Crippen LogP contribution is 2.30. The molecule has 8 heteroatoms. The first-order valence-corrected chi connectivity index (χ1v) is 8.81. The lowest BCUT2D eigenvalue weighted by atomic mass is 10.1. The number of nitrogens with one attached hydrogen (secondary N) is 1. The number of rotatable bonds is 6. The summed E-state index contributed by atoms with van der Waals surface area (Å²) in [6, 6.07) is 11.8. The van der Waals surface area contributed by atoms with Crippen LogP contribution in [0.4, 0.5) is 5.69 Å². The zero-order valence-corrected chi connectivity index (χ0v) is 15.2. The lowest BCUT2D eigenvalue weighted by molar-refractivity contribution is -0.137. The fraction of sp³-hybridized carbons (Fsp3) is 0.105. The highest BCUT2D eigenvalue weighted by Gasteiger charge is 2.15. The van der Waals surface area contributed by atoms with Gasteiger partial charge in [0.15, 0.2) is 0 Å². The summed E-state index contributed by atoms with van der Waals surface area (Å²) in [6.45, 7) is -0.485. The number of amides is 1. The smallest absolute Gasteiger partial charge is 0.323 e. The van der Waals surface area contributed by atoms with Crippen molar-refractivity contribution in [3.63, 3.8) is 0 Å². The third-order valence-electron chi connectivity index (χ3n) is 3.80. The molecule has 3 aromatic rings. The van der Waals surface area contributed by atoms with Gasteiger partial charge in [0.25, 0.3) is 11.5 Å². The Bertz CT molecular complexity index is 1040. The molecule has 3 rings (SSSR count). The van der Waals surface area contributed by atoms with E-state index >= 15 is 0 Å². The van der Waals surface area contributed by atoms with Crippen molar-refractivity contribution in [2.24, 2.45) is 0 Å². The maximum Gasteiger partial charge on any atom is 0.323 e. The third-order valence-corrected chi connectivity index (χ3v) is 4.72. The maximum atomic E-state index is 12.6. The largest absolute Gasteiger partial charge is 0.496 e. The molecule has 0 bridgehead atoms. The molecule has 0 saturated heterocycles. The molecule has 0 spiro atoms. The average Bonchev–Trinajstić information content (AvgIpc) is 3.18. The average molecular weight is 384 g/mol. The van der Waals surface area contributed by atoms with Crippen molar-refractivity contribution < 1.29 is 19.4 Å². The van der Waals surface area contributed by atoms with Gasteiger partial charge in [-0.25, -0.2) is 0 Å². The number of carboxylic acid groups (broad SMARTS) is 1. The van der Waals surface area contributed by atoms with Gasteiger partial charge in [-0.05, 0) is 35.2 Å². The number of aliphatic carboxylic acids is 1. The predicted octanol–water partition coefficient (Wildman–Crippen LogP) is 2.92. The van der Waals surface area contributed by atoms with Crippen LogP contribution in [0.2, 0.25) is 0 Å². The lowest BCUT2D eigenvalue weighted by Gasteiger charge is -2.12. The molecule has 1 amide bonds. The molecule has 0 unspecified atom stereocenters. The summed E-state index contributed by atoms with van der Waals surface area (Å²) in [5.74, 6) is -1.16. The number of carboxylic acids is 1. The molecule has 0 aliphatic rings. The first kappa shape index (κ1) is 18.4. The van der Waals surface area contributed by atoms with E-state index in [-0.39, 0.29) is 0 Å². The van der Waals surface area contributed by atoms with Crippen LogP contribution in [0.25, 0.3) is 10.4 Å². The molecule has 1 aromatic carbocycles. The van der Waals surface area contributed by atoms with E-state index in [0.717, 1.165) is 15.0 Å². The topological polar surface area (TPSA) is 97.6 Å². The molecule has 2 N–H and O–H groups in total. The molecule has 0 saturated carbocycles. The number of methoxy groups -OCH3 is 1. The van der Waals surface area contributed by atoms with Crippen molar-refractivity contribution in [2.75, 3.05) is 12.4 Å². The van der Waals surface area contributed by atoms with Gasteiger partial charge in [0.05, 0.1) is 18.4 Å². The molecule has 138 valence electrons. The lowest BCUT2D eigenvalue weighted by Crippen LogP contribution is -2.24. The number of ether oxygens (including phenoxy) is 1. The molecule has 27 heavy (non-hydrogen) atoms. The van der Waals surface area contributed by atoms with Crippen molar-refractivity contribution >= 4 is 28.9 Å². The van der Waals surface area contributed by atoms with E-state index < -0.39 is 24.0 Å². The Balaban J connectivity index is 1.86. The number of nitrogens with zero attached hydrogens (tertiary/aromatic N) is 1. The summed E-state index contributed by atoms with van der Waals surface area (Å²) < 4.78 is 6.36. The van der Waals surface area contributed by atoms with E-state index in [1.54, 1.807) is 23.5 Å². The number of hydrogen-bond acceptors (Lipinski definition) is 5. The van der Waals surface area contributed by atoms with Crippen LogP contribution in [0.5, 0.6) is 5.75 Å². The van der Waals surface area contributed by atoms with E-state index in [0.29, 0.717) is 17.0 Å². The number of aromatic nitrogens is 1. The van der Waals surface area contributed by atoms with E-state index in [9.17, 15) is 14.4 Å². The number of carbonyl (C=O) groups is 2. The normalized spacial score (nSPS) is 10.4. The predicted molar refractivity (Wildman–Crippen MR) is 103 cm³/mol. The van der Waals surface area contributed by atoms with Gasteiger partial charge in [0.2, 0.25) is 0 Å². The van der Waals surface area contributed by atoms with E-state index in [1.807, 2.05) is 23.6 Å². The van der Waals surface area contributed by atoms with Gasteiger partial charge in [0, 0.05) is 17.1 Å². The second-order valence-corrected chi connectivity index (χ2v) is 6.57. The molecule has 0 atom stereocenters. The monoisotopic (exact) mass is 384 g/mol. The Kier molecular flexibility index (Phi) is 5.37. The Labute approximate surface area is 158 Å². The quantitative estimate of drug-likeness (QED) is 0.681. The zero-order chi connectivity index (χ0) is 19.4. The highest BCUT2D eigenvalue weighted by molar-refractivity contribution is 7.13. The summed E-state index contributed by atoms with van der Waals surface area (Å²) >= 11 is 1.58. The van der Waals surface area contributed by atoms with E-state index in [4.69, 9.17) is 9.84 Å². The second kappa shape index (κ2) is 7.88. The van der Waals surface area contributed by atoms with Gasteiger partial charge in [0.1, 0.15) is 12.3 Å². The van der Waals surface area contributed by atoms with Crippen molar-refractivity contribution in [3.8, 4) is 16.2 Å². The van der Waals surface area contributed by atoms with Crippen LogP contribution in [0.15, 0.2) is 58.8 Å². The molecule has 0 radical (unpaired) electrons. The van der Waals surface area contributed by atoms with Crippen molar-refractivity contribution in [1.82, 2.24) is 4.57 Å². The van der Waals surface area contributed by atoms with E-state index in [2.05, 4.69) is 5.32 Å². The SMILES string of the molecule is COc1cc(-c2cccs2)ccc1C(=O)Nc1ccc(=O)n(CC(=O)O)c1. The second-order valence-electron chi connectivity index (χ2n) is 5.62. The van der Waals surface area contributed by atoms with Gasteiger partial charge in [-0.3, -0.25) is 14.4 Å². The number of carbonyl (C=O) groups excluding carboxylic acids is 1. The Morgan fingerprint density at radius 2 is 2.04 bits per heavy atom. The Hall–Kier alpha value is -3.39. The van der Waals surface area contributed by atoms with Crippen LogP contribution in [0.3, 0.4) is 0 Å². The molecular formula is C19H16N2O5S. The number of benzene rings is 1. The number of thiophene rings is 1. The first-order chi connectivity index (χ1) is 13.0. The van der Waals surface area contributed by atoms with Gasteiger partial charge < -0.3 is 19.7 Å². The molecule has 2 aromatic heterocycles. The molecule has 7 nitrogen and oxygen atoms in total. The van der Waals surface area contributed by atoms with Crippen LogP contribution in [0.1, 0.15) is 10.4 Å². The molecule has 2 heterocycles. The van der Waals surface area contributed by atoms with Crippen molar-refractivity contribution in [3.05, 3.63) is 70.0 Å². The highest BCUT2D eigenvalue weighted by atomic mass is 32.1. The van der Waals surface area contributed by atoms with Gasteiger partial charge >= 0.3 is 5.97 Å². The van der Waals surface area contributed by atoms with Crippen molar-refractivity contribution in [1.29, 1.82) is 0 Å². The molecule has 0 aliphatic carbocycles. The summed E-state index contributed by atoms with van der Waals surface area (Å²) in [5.41, 5.74) is 1.11. The molecule has 0 fully saturated rings. The van der Waals surface area contributed by atoms with Crippen molar-refractivity contribution in [2.45, 2.75) is 6.54 Å². The zero-order valence-electron chi connectivity index (χ0n) is 14.3. The summed E-state index contributed by atoms with van der Waals surface area (Å²) in [7, 11) is 1.48. The van der Waals surface area contributed by atoms with Gasteiger partial charge in [-0.15, -0.1) is 11.3 Å². The Morgan fingerprint density at radius 1 is 1.22 bits per heavy atom.